The first-order chi connectivity index (χ1) is 15.6. The Labute approximate surface area is 192 Å². The Balaban J connectivity index is 2.28. The van der Waals surface area contributed by atoms with Crippen LogP contribution < -0.4 is 10.1 Å². The third-order valence-electron chi connectivity index (χ3n) is 4.39. The van der Waals surface area contributed by atoms with Gasteiger partial charge in [0.05, 0.1) is 14.2 Å². The first-order valence-corrected chi connectivity index (χ1v) is 10.4. The van der Waals surface area contributed by atoms with Crippen LogP contribution in [0, 0.1) is 11.6 Å². The zero-order valence-corrected chi connectivity index (χ0v) is 19.0. The standard InChI is InChI=1S/C22H21F2NO7S/c1-11(19(21(28)31-4)25-12(2)26)33-22(29)32-18-8-5-13(9-16(18)20(27)30-3)15-7-6-14(23)10-17(15)24/h5-11,19H,1-4H3,(H,25,26). The second-order valence-corrected chi connectivity index (χ2v) is 8.02. The van der Waals surface area contributed by atoms with Gasteiger partial charge in [-0.2, -0.15) is 0 Å². The maximum Gasteiger partial charge on any atom is 0.373 e. The van der Waals surface area contributed by atoms with E-state index in [0.29, 0.717) is 17.8 Å². The molecule has 2 aromatic carbocycles. The van der Waals surface area contributed by atoms with Gasteiger partial charge in [0.2, 0.25) is 5.91 Å². The Morgan fingerprint density at radius 3 is 2.27 bits per heavy atom. The summed E-state index contributed by atoms with van der Waals surface area (Å²) in [6, 6.07) is 5.75. The SMILES string of the molecule is COC(=O)c1cc(-c2ccc(F)cc2F)ccc1OC(=O)SC(C)C(NC(C)=O)C(=O)OC. The van der Waals surface area contributed by atoms with E-state index in [0.717, 1.165) is 20.3 Å². The van der Waals surface area contributed by atoms with Crippen LogP contribution in [0.5, 0.6) is 5.75 Å². The maximum absolute atomic E-state index is 14.2. The molecule has 0 heterocycles. The lowest BCUT2D eigenvalue weighted by atomic mass is 10.0. The van der Waals surface area contributed by atoms with Crippen LogP contribution in [0.25, 0.3) is 11.1 Å². The van der Waals surface area contributed by atoms with Crippen molar-refractivity contribution in [3.05, 3.63) is 53.6 Å². The van der Waals surface area contributed by atoms with Crippen LogP contribution in [-0.2, 0) is 19.1 Å². The fraction of sp³-hybridized carbons (Fsp3) is 0.273. The summed E-state index contributed by atoms with van der Waals surface area (Å²) in [5.41, 5.74) is 0.0792. The van der Waals surface area contributed by atoms with Gasteiger partial charge in [0, 0.05) is 23.8 Å². The Kier molecular flexibility index (Phi) is 8.92. The molecule has 2 rings (SSSR count). The van der Waals surface area contributed by atoms with Gasteiger partial charge < -0.3 is 19.5 Å². The van der Waals surface area contributed by atoms with E-state index in [-0.39, 0.29) is 22.4 Å². The zero-order chi connectivity index (χ0) is 24.7. The Hall–Kier alpha value is -3.47. The number of carbonyl (C=O) groups excluding carboxylic acids is 4. The first kappa shape index (κ1) is 25.8. The van der Waals surface area contributed by atoms with Gasteiger partial charge in [-0.05, 0) is 41.6 Å². The molecule has 1 amide bonds. The molecule has 2 aromatic rings. The van der Waals surface area contributed by atoms with Gasteiger partial charge in [0.1, 0.15) is 29.0 Å². The highest BCUT2D eigenvalue weighted by Gasteiger charge is 2.30. The number of rotatable bonds is 7. The van der Waals surface area contributed by atoms with Crippen LogP contribution in [0.1, 0.15) is 24.2 Å². The summed E-state index contributed by atoms with van der Waals surface area (Å²) in [5, 5.41) is 0.738. The number of methoxy groups -OCH3 is 2. The monoisotopic (exact) mass is 481 g/mol. The van der Waals surface area contributed by atoms with Crippen LogP contribution in [0.2, 0.25) is 0 Å². The average molecular weight is 481 g/mol. The molecule has 0 spiro atoms. The molecule has 0 aliphatic heterocycles. The van der Waals surface area contributed by atoms with Crippen molar-refractivity contribution in [2.24, 2.45) is 0 Å². The molecule has 0 fully saturated rings. The minimum atomic E-state index is -1.12. The molecule has 0 saturated carbocycles. The molecule has 33 heavy (non-hydrogen) atoms. The number of carbonyl (C=O) groups is 4. The van der Waals surface area contributed by atoms with Crippen LogP contribution in [0.3, 0.4) is 0 Å². The number of esters is 2. The fourth-order valence-electron chi connectivity index (χ4n) is 2.83. The predicted molar refractivity (Wildman–Crippen MR) is 116 cm³/mol. The summed E-state index contributed by atoms with van der Waals surface area (Å²) in [6.07, 6.45) is 0. The summed E-state index contributed by atoms with van der Waals surface area (Å²) in [5.74, 6) is -3.88. The van der Waals surface area contributed by atoms with Crippen LogP contribution in [0.15, 0.2) is 36.4 Å². The molecule has 0 radical (unpaired) electrons. The Morgan fingerprint density at radius 1 is 1.00 bits per heavy atom. The van der Waals surface area contributed by atoms with Gasteiger partial charge in [-0.25, -0.2) is 23.2 Å². The van der Waals surface area contributed by atoms with E-state index < -0.39 is 46.1 Å². The summed E-state index contributed by atoms with van der Waals surface area (Å²) >= 11 is 0.590. The minimum Gasteiger partial charge on any atom is -0.467 e. The summed E-state index contributed by atoms with van der Waals surface area (Å²) in [4.78, 5) is 48.0. The summed E-state index contributed by atoms with van der Waals surface area (Å²) in [7, 11) is 2.26. The van der Waals surface area contributed by atoms with Gasteiger partial charge in [0.15, 0.2) is 0 Å². The van der Waals surface area contributed by atoms with Crippen LogP contribution >= 0.6 is 11.8 Å². The van der Waals surface area contributed by atoms with Gasteiger partial charge in [0.25, 0.3) is 0 Å². The van der Waals surface area contributed by atoms with E-state index in [1.807, 2.05) is 0 Å². The second kappa shape index (κ2) is 11.4. The van der Waals surface area contributed by atoms with E-state index in [4.69, 9.17) is 9.47 Å². The van der Waals surface area contributed by atoms with Gasteiger partial charge in [-0.1, -0.05) is 13.0 Å². The molecule has 11 heteroatoms. The number of nitrogens with one attached hydrogen (secondary N) is 1. The average Bonchev–Trinajstić information content (AvgIpc) is 2.76. The van der Waals surface area contributed by atoms with E-state index in [1.165, 1.54) is 38.1 Å². The van der Waals surface area contributed by atoms with Crippen LogP contribution in [0.4, 0.5) is 13.6 Å². The van der Waals surface area contributed by atoms with Crippen molar-refractivity contribution in [2.45, 2.75) is 25.1 Å². The lowest BCUT2D eigenvalue weighted by molar-refractivity contribution is -0.144. The molecule has 0 aliphatic rings. The number of benzene rings is 2. The Bertz CT molecular complexity index is 1080. The van der Waals surface area contributed by atoms with Crippen molar-refractivity contribution in [3.63, 3.8) is 0 Å². The molecule has 176 valence electrons. The highest BCUT2D eigenvalue weighted by Crippen LogP contribution is 2.31. The molecular formula is C22H21F2NO7S. The van der Waals surface area contributed by atoms with Crippen molar-refractivity contribution < 1.29 is 42.2 Å². The number of amides is 1. The minimum absolute atomic E-state index is 0.0265. The highest BCUT2D eigenvalue weighted by molar-refractivity contribution is 8.13. The number of hydrogen-bond acceptors (Lipinski definition) is 8. The zero-order valence-electron chi connectivity index (χ0n) is 18.1. The third-order valence-corrected chi connectivity index (χ3v) is 5.31. The largest absolute Gasteiger partial charge is 0.467 e. The van der Waals surface area contributed by atoms with Crippen molar-refractivity contribution in [3.8, 4) is 16.9 Å². The molecular weight excluding hydrogens is 460 g/mol. The quantitative estimate of drug-likeness (QED) is 0.597. The first-order valence-electron chi connectivity index (χ1n) is 9.48. The maximum atomic E-state index is 14.2. The molecule has 2 atom stereocenters. The lowest BCUT2D eigenvalue weighted by Gasteiger charge is -2.21. The van der Waals surface area contributed by atoms with Crippen LogP contribution in [-0.4, -0.2) is 48.7 Å². The van der Waals surface area contributed by atoms with Gasteiger partial charge in [-0.15, -0.1) is 0 Å². The summed E-state index contributed by atoms with van der Waals surface area (Å²) < 4.78 is 42.0. The third kappa shape index (κ3) is 6.75. The molecule has 1 N–H and O–H groups in total. The van der Waals surface area contributed by atoms with E-state index in [1.54, 1.807) is 0 Å². The van der Waals surface area contributed by atoms with Crippen molar-refractivity contribution in [1.29, 1.82) is 0 Å². The van der Waals surface area contributed by atoms with Crippen molar-refractivity contribution >= 4 is 34.9 Å². The molecule has 0 bridgehead atoms. The fourth-order valence-corrected chi connectivity index (χ4v) is 3.58. The lowest BCUT2D eigenvalue weighted by Crippen LogP contribution is -2.46. The molecule has 0 aliphatic carbocycles. The van der Waals surface area contributed by atoms with Crippen molar-refractivity contribution in [1.82, 2.24) is 5.32 Å². The molecule has 8 nitrogen and oxygen atoms in total. The number of ether oxygens (including phenoxy) is 3. The topological polar surface area (TPSA) is 108 Å². The van der Waals surface area contributed by atoms with Gasteiger partial charge >= 0.3 is 17.2 Å². The van der Waals surface area contributed by atoms with Gasteiger partial charge in [-0.3, -0.25) is 4.79 Å². The van der Waals surface area contributed by atoms with E-state index >= 15 is 0 Å². The molecule has 2 unspecified atom stereocenters. The Morgan fingerprint density at radius 2 is 1.70 bits per heavy atom. The second-order valence-electron chi connectivity index (χ2n) is 6.70. The van der Waals surface area contributed by atoms with E-state index in [9.17, 15) is 28.0 Å². The number of thioether (sulfide) groups is 1. The normalized spacial score (nSPS) is 12.3. The molecule has 0 aromatic heterocycles. The number of hydrogen-bond donors (Lipinski definition) is 1. The predicted octanol–water partition coefficient (Wildman–Crippen LogP) is 3.72. The molecule has 0 saturated heterocycles. The number of halogens is 2. The van der Waals surface area contributed by atoms with E-state index in [2.05, 4.69) is 10.1 Å². The smallest absolute Gasteiger partial charge is 0.373 e. The summed E-state index contributed by atoms with van der Waals surface area (Å²) in [6.45, 7) is 2.71. The highest BCUT2D eigenvalue weighted by atomic mass is 32.2. The van der Waals surface area contributed by atoms with Crippen molar-refractivity contribution in [2.75, 3.05) is 14.2 Å².